The summed E-state index contributed by atoms with van der Waals surface area (Å²) in [5.41, 5.74) is 31.5. The Morgan fingerprint density at radius 1 is 0.474 bits per heavy atom. The summed E-state index contributed by atoms with van der Waals surface area (Å²) in [4.78, 5) is 5.28. The highest BCUT2D eigenvalue weighted by Gasteiger charge is 2.53. The van der Waals surface area contributed by atoms with Crippen LogP contribution in [0.4, 0.5) is 34.1 Å². The van der Waals surface area contributed by atoms with E-state index in [1.165, 1.54) is 149 Å². The fourth-order valence-corrected chi connectivity index (χ4v) is 15.7. The molecular weight excluding hydrogens is 960 g/mol. The van der Waals surface area contributed by atoms with E-state index in [4.69, 9.17) is 0 Å². The van der Waals surface area contributed by atoms with Crippen molar-refractivity contribution in [1.82, 2.24) is 0 Å². The molecule has 0 fully saturated rings. The van der Waals surface area contributed by atoms with E-state index in [2.05, 4.69) is 269 Å². The van der Waals surface area contributed by atoms with Crippen LogP contribution < -0.4 is 25.5 Å². The van der Waals surface area contributed by atoms with Crippen LogP contribution in [0.2, 0.25) is 0 Å². The molecule has 2 nitrogen and oxygen atoms in total. The third kappa shape index (κ3) is 6.94. The number of aryl methyl sites for hydroxylation is 1. The van der Waals surface area contributed by atoms with Gasteiger partial charge in [-0.05, 0) is 191 Å². The molecule has 4 aliphatic rings. The van der Waals surface area contributed by atoms with Gasteiger partial charge in [0.05, 0.1) is 11.1 Å². The summed E-state index contributed by atoms with van der Waals surface area (Å²) in [6, 6.07) is 69.7. The maximum atomic E-state index is 2.66. The van der Waals surface area contributed by atoms with E-state index in [0.29, 0.717) is 23.7 Å². The van der Waals surface area contributed by atoms with Crippen molar-refractivity contribution in [2.75, 3.05) is 9.80 Å². The maximum Gasteiger partial charge on any atom is 0.264 e. The Hall–Kier alpha value is -7.40. The average Bonchev–Trinajstić information content (AvgIpc) is 2.40. The molecule has 3 heterocycles. The minimum Gasteiger partial charge on any atom is -0.311 e. The summed E-state index contributed by atoms with van der Waals surface area (Å²) in [6.07, 6.45) is 0. The van der Waals surface area contributed by atoms with Gasteiger partial charge in [-0.3, -0.25) is 0 Å². The van der Waals surface area contributed by atoms with Crippen molar-refractivity contribution < 1.29 is 0 Å². The van der Waals surface area contributed by atoms with Crippen LogP contribution in [0.5, 0.6) is 0 Å². The monoisotopic (exact) mass is 1030 g/mol. The van der Waals surface area contributed by atoms with Crippen LogP contribution in [-0.2, 0) is 10.8 Å². The average molecular weight is 1030 g/mol. The second kappa shape index (κ2) is 17.6. The minimum absolute atomic E-state index is 0.00846. The third-order valence-electron chi connectivity index (χ3n) is 18.2. The van der Waals surface area contributed by atoms with E-state index >= 15 is 0 Å². The largest absolute Gasteiger partial charge is 0.311 e. The molecule has 0 bridgehead atoms. The number of nitrogens with zero attached hydrogens (tertiary/aromatic N) is 2. The molecule has 2 aliphatic heterocycles. The number of hydrogen-bond acceptors (Lipinski definition) is 3. The van der Waals surface area contributed by atoms with Crippen LogP contribution in [-0.4, -0.2) is 6.71 Å². The molecule has 384 valence electrons. The molecule has 10 aromatic rings. The zero-order valence-electron chi connectivity index (χ0n) is 47.4. The lowest BCUT2D eigenvalue weighted by Gasteiger charge is -2.43. The number of anilines is 6. The summed E-state index contributed by atoms with van der Waals surface area (Å²) >= 11 is 2.03. The summed E-state index contributed by atoms with van der Waals surface area (Å²) in [7, 11) is 0. The van der Waals surface area contributed by atoms with Crippen LogP contribution in [0.25, 0.3) is 43.5 Å². The normalized spacial score (nSPS) is 14.4. The number of rotatable bonds is 7. The van der Waals surface area contributed by atoms with Gasteiger partial charge in [0, 0.05) is 43.3 Å². The number of fused-ring (bicyclic) bond motifs is 16. The summed E-state index contributed by atoms with van der Waals surface area (Å²) in [6.45, 7) is 27.9. The fraction of sp³-hybridized carbons (Fsp3) is 0.243. The summed E-state index contributed by atoms with van der Waals surface area (Å²) in [5.74, 6) is 1.58. The summed E-state index contributed by atoms with van der Waals surface area (Å²) in [5, 5.41) is 1.31. The van der Waals surface area contributed by atoms with Crippen molar-refractivity contribution in [2.24, 2.45) is 0 Å². The van der Waals surface area contributed by atoms with Gasteiger partial charge in [0.15, 0.2) is 0 Å². The molecule has 14 rings (SSSR count). The molecule has 1 aromatic heterocycles. The van der Waals surface area contributed by atoms with E-state index in [9.17, 15) is 0 Å². The van der Waals surface area contributed by atoms with Gasteiger partial charge >= 0.3 is 0 Å². The predicted molar refractivity (Wildman–Crippen MR) is 337 cm³/mol. The van der Waals surface area contributed by atoms with Gasteiger partial charge in [-0.2, -0.15) is 0 Å². The summed E-state index contributed by atoms with van der Waals surface area (Å²) < 4.78 is 2.73. The van der Waals surface area contributed by atoms with E-state index < -0.39 is 5.41 Å². The Labute approximate surface area is 467 Å². The predicted octanol–water partition coefficient (Wildman–Crippen LogP) is 19.1. The van der Waals surface area contributed by atoms with E-state index in [0.717, 1.165) is 0 Å². The SMILES string of the molecule is Cc1cc2c3c(c1)N(c1ccc(C(C)(C)C)cc1)c1c(sc4cc5c(cc14)-c1ccc(C(C)C)cc1C51c4ccccc4-c4ccccc41)B3c1ccc(-c3c(C(C)C)cccc3C(C)C)cc1N2c1ccc(C(C)C)cc1. The number of benzene rings is 9. The molecule has 0 saturated carbocycles. The van der Waals surface area contributed by atoms with E-state index in [1.807, 2.05) is 11.3 Å². The fourth-order valence-electron chi connectivity index (χ4n) is 14.3. The Balaban J connectivity index is 1.09. The Bertz CT molecular complexity index is 4030. The van der Waals surface area contributed by atoms with E-state index in [1.54, 1.807) is 0 Å². The Morgan fingerprint density at radius 2 is 1.04 bits per heavy atom. The highest BCUT2D eigenvalue weighted by atomic mass is 32.1. The molecule has 0 atom stereocenters. The molecule has 9 aromatic carbocycles. The smallest absolute Gasteiger partial charge is 0.264 e. The van der Waals surface area contributed by atoms with Crippen molar-refractivity contribution in [2.45, 2.75) is 118 Å². The van der Waals surface area contributed by atoms with Crippen LogP contribution in [0.3, 0.4) is 0 Å². The first-order valence-electron chi connectivity index (χ1n) is 28.7. The van der Waals surface area contributed by atoms with Crippen molar-refractivity contribution in [3.8, 4) is 33.4 Å². The minimum atomic E-state index is -0.447. The highest BCUT2D eigenvalue weighted by Crippen LogP contribution is 2.64. The lowest BCUT2D eigenvalue weighted by Crippen LogP contribution is -2.60. The third-order valence-corrected chi connectivity index (χ3v) is 19.4. The Morgan fingerprint density at radius 3 is 1.65 bits per heavy atom. The van der Waals surface area contributed by atoms with Crippen molar-refractivity contribution in [3.05, 3.63) is 232 Å². The molecule has 4 heteroatoms. The highest BCUT2D eigenvalue weighted by molar-refractivity contribution is 7.33. The van der Waals surface area contributed by atoms with Crippen LogP contribution in [0.15, 0.2) is 176 Å². The van der Waals surface area contributed by atoms with Gasteiger partial charge in [0.2, 0.25) is 0 Å². The van der Waals surface area contributed by atoms with Gasteiger partial charge in [-0.1, -0.05) is 197 Å². The van der Waals surface area contributed by atoms with E-state index in [-0.39, 0.29) is 12.1 Å². The molecule has 0 saturated heterocycles. The quantitative estimate of drug-likeness (QED) is 0.147. The van der Waals surface area contributed by atoms with Crippen LogP contribution in [0.1, 0.15) is 155 Å². The number of thiophene rings is 1. The van der Waals surface area contributed by atoms with Gasteiger partial charge < -0.3 is 9.80 Å². The van der Waals surface area contributed by atoms with Crippen molar-refractivity contribution in [3.63, 3.8) is 0 Å². The molecule has 0 unspecified atom stereocenters. The van der Waals surface area contributed by atoms with Crippen molar-refractivity contribution >= 4 is 78.0 Å². The first-order chi connectivity index (χ1) is 37.5. The molecule has 0 radical (unpaired) electrons. The van der Waals surface area contributed by atoms with Gasteiger partial charge in [0.25, 0.3) is 6.71 Å². The molecule has 1 spiro atoms. The standard InChI is InChI=1S/C74H69BN2S/c1-42(2)47-24-30-51(31-25-47)76-65-39-49(69-53(44(5)6)20-17-21-54(69)45(7)8)27-35-64(65)75-70-66(76)36-46(9)37-67(70)77(52-32-28-50(29-33-52)73(10,11)12)71-59-40-58-57-34-26-48(43(3)4)38-62(57)74(63(58)41-68(59)78-72(71)75)60-22-15-13-18-55(60)56-19-14-16-23-61(56)74/h13-45H,1-12H3. The molecule has 0 amide bonds. The van der Waals surface area contributed by atoms with Crippen molar-refractivity contribution in [1.29, 1.82) is 0 Å². The first kappa shape index (κ1) is 48.9. The molecule has 78 heavy (non-hydrogen) atoms. The molecule has 2 aliphatic carbocycles. The number of hydrogen-bond donors (Lipinski definition) is 0. The zero-order chi connectivity index (χ0) is 53.8. The van der Waals surface area contributed by atoms with Gasteiger partial charge in [-0.25, -0.2) is 0 Å². The van der Waals surface area contributed by atoms with Gasteiger partial charge in [-0.15, -0.1) is 11.3 Å². The topological polar surface area (TPSA) is 6.48 Å². The Kier molecular flexibility index (Phi) is 11.0. The second-order valence-corrected chi connectivity index (χ2v) is 26.4. The first-order valence-corrected chi connectivity index (χ1v) is 29.5. The van der Waals surface area contributed by atoms with Gasteiger partial charge in [0.1, 0.15) is 0 Å². The second-order valence-electron chi connectivity index (χ2n) is 25.3. The van der Waals surface area contributed by atoms with Crippen LogP contribution >= 0.6 is 11.3 Å². The lowest BCUT2D eigenvalue weighted by atomic mass is 9.36. The molecular formula is C74H69BN2S. The molecule has 0 N–H and O–H groups in total. The lowest BCUT2D eigenvalue weighted by molar-refractivity contribution is 0.590. The zero-order valence-corrected chi connectivity index (χ0v) is 48.2. The van der Waals surface area contributed by atoms with Crippen LogP contribution in [0, 0.1) is 6.92 Å². The maximum absolute atomic E-state index is 2.66.